The molecule has 2 rings (SSSR count). The zero-order valence-electron chi connectivity index (χ0n) is 9.01. The molecule has 0 saturated carbocycles. The van der Waals surface area contributed by atoms with E-state index in [0.29, 0.717) is 24.0 Å². The highest BCUT2D eigenvalue weighted by Gasteiger charge is 2.34. The molecule has 0 aliphatic carbocycles. The molecule has 4 nitrogen and oxygen atoms in total. The maximum atomic E-state index is 11.4. The molecule has 1 aromatic carbocycles. The fourth-order valence-electron chi connectivity index (χ4n) is 1.88. The minimum Gasteiger partial charge on any atom is -0.307 e. The van der Waals surface area contributed by atoms with Gasteiger partial charge in [0, 0.05) is 13.0 Å². The van der Waals surface area contributed by atoms with Crippen molar-refractivity contribution in [1.82, 2.24) is 0 Å². The summed E-state index contributed by atoms with van der Waals surface area (Å²) in [7, 11) is -2.41. The van der Waals surface area contributed by atoms with Crippen molar-refractivity contribution in [3.05, 3.63) is 23.8 Å². The number of nitrogens with zero attached hydrogens (tertiary/aromatic N) is 1. The fraction of sp³-hybridized carbons (Fsp3) is 0.364. The van der Waals surface area contributed by atoms with E-state index in [1.807, 2.05) is 13.0 Å². The van der Waals surface area contributed by atoms with Crippen LogP contribution in [-0.4, -0.2) is 17.3 Å². The van der Waals surface area contributed by atoms with E-state index in [0.717, 1.165) is 12.0 Å². The maximum Gasteiger partial charge on any atom is 0.548 e. The van der Waals surface area contributed by atoms with Crippen molar-refractivity contribution in [3.8, 4) is 0 Å². The summed E-state index contributed by atoms with van der Waals surface area (Å²) in [4.78, 5) is 22.3. The molecule has 1 aliphatic rings. The summed E-state index contributed by atoms with van der Waals surface area (Å²) in [6.45, 7) is 2.61. The van der Waals surface area contributed by atoms with Gasteiger partial charge in [-0.1, -0.05) is 19.1 Å². The van der Waals surface area contributed by atoms with Gasteiger partial charge in [-0.2, -0.15) is 4.89 Å². The number of anilines is 1. The molecule has 1 atom stereocenters. The Morgan fingerprint density at radius 3 is 2.69 bits per heavy atom. The first-order valence-electron chi connectivity index (χ1n) is 5.23. The van der Waals surface area contributed by atoms with E-state index >= 15 is 0 Å². The van der Waals surface area contributed by atoms with Crippen LogP contribution in [-0.2, 0) is 15.8 Å². The van der Waals surface area contributed by atoms with Crippen molar-refractivity contribution in [1.29, 1.82) is 0 Å². The van der Waals surface area contributed by atoms with Gasteiger partial charge in [-0.05, 0) is 22.6 Å². The van der Waals surface area contributed by atoms with Crippen LogP contribution in [0.3, 0.4) is 0 Å². The van der Waals surface area contributed by atoms with Crippen molar-refractivity contribution >= 4 is 24.9 Å². The molecular weight excluding hydrogens is 225 g/mol. The third-order valence-corrected chi connectivity index (χ3v) is 3.58. The molecule has 16 heavy (non-hydrogen) atoms. The standard InChI is InChI=1S/C11H12NO3P/c1-2-8-4-3-5-9(16(14)15)11(8)12-7-6-10(12)13/h3-5H,2,6-7H2,1H3/p+1. The lowest BCUT2D eigenvalue weighted by molar-refractivity contribution is -0.122. The minimum atomic E-state index is -2.41. The Morgan fingerprint density at radius 1 is 1.50 bits per heavy atom. The summed E-state index contributed by atoms with van der Waals surface area (Å²) in [5.74, 6) is 0.0269. The Hall–Kier alpha value is -1.25. The molecule has 1 aliphatic heterocycles. The lowest BCUT2D eigenvalue weighted by atomic mass is 10.1. The lowest BCUT2D eigenvalue weighted by Crippen LogP contribution is -2.45. The normalized spacial score (nSPS) is 16.0. The molecule has 5 heteroatoms. The highest BCUT2D eigenvalue weighted by atomic mass is 31.1. The fourth-order valence-corrected chi connectivity index (χ4v) is 2.54. The van der Waals surface area contributed by atoms with Crippen LogP contribution in [0.2, 0.25) is 0 Å². The topological polar surface area (TPSA) is 57.6 Å². The first-order valence-corrected chi connectivity index (χ1v) is 6.44. The quantitative estimate of drug-likeness (QED) is 0.638. The van der Waals surface area contributed by atoms with E-state index in [1.54, 1.807) is 17.0 Å². The second kappa shape index (κ2) is 4.32. The van der Waals surface area contributed by atoms with Crippen LogP contribution in [0, 0.1) is 0 Å². The number of benzene rings is 1. The van der Waals surface area contributed by atoms with E-state index in [4.69, 9.17) is 0 Å². The summed E-state index contributed by atoms with van der Waals surface area (Å²) in [5.41, 5.74) is 1.59. The average molecular weight is 238 g/mol. The molecule has 1 unspecified atom stereocenters. The maximum absolute atomic E-state index is 11.4. The monoisotopic (exact) mass is 238 g/mol. The number of aryl methyl sites for hydroxylation is 1. The third-order valence-electron chi connectivity index (χ3n) is 2.81. The molecule has 1 heterocycles. The predicted octanol–water partition coefficient (Wildman–Crippen LogP) is 1.35. The zero-order valence-corrected chi connectivity index (χ0v) is 9.91. The Kier molecular flexibility index (Phi) is 3.03. The van der Waals surface area contributed by atoms with Gasteiger partial charge < -0.3 is 4.90 Å². The van der Waals surface area contributed by atoms with Crippen LogP contribution in [0.15, 0.2) is 18.2 Å². The Labute approximate surface area is 94.8 Å². The van der Waals surface area contributed by atoms with Crippen molar-refractivity contribution in [2.24, 2.45) is 0 Å². The Morgan fingerprint density at radius 2 is 2.25 bits per heavy atom. The van der Waals surface area contributed by atoms with Gasteiger partial charge >= 0.3 is 8.03 Å². The number of amides is 1. The van der Waals surface area contributed by atoms with Crippen LogP contribution in [0.5, 0.6) is 0 Å². The first-order chi connectivity index (χ1) is 7.65. The van der Waals surface area contributed by atoms with Crippen LogP contribution in [0.4, 0.5) is 5.69 Å². The number of para-hydroxylation sites is 1. The summed E-state index contributed by atoms with van der Waals surface area (Å²) in [6, 6.07) is 5.26. The zero-order chi connectivity index (χ0) is 11.7. The molecule has 1 N–H and O–H groups in total. The van der Waals surface area contributed by atoms with Gasteiger partial charge in [0.15, 0.2) is 0 Å². The van der Waals surface area contributed by atoms with Gasteiger partial charge in [0.25, 0.3) is 0 Å². The van der Waals surface area contributed by atoms with E-state index in [-0.39, 0.29) is 5.91 Å². The number of β-lactam (4-membered cyclic amide) rings is 1. The minimum absolute atomic E-state index is 0.0269. The van der Waals surface area contributed by atoms with Gasteiger partial charge in [-0.25, -0.2) is 0 Å². The summed E-state index contributed by atoms with van der Waals surface area (Å²) < 4.78 is 11.3. The SMILES string of the molecule is CCc1cccc([P+](=O)O)c1N1CCC1=O. The predicted molar refractivity (Wildman–Crippen MR) is 62.2 cm³/mol. The van der Waals surface area contributed by atoms with Crippen molar-refractivity contribution in [3.63, 3.8) is 0 Å². The van der Waals surface area contributed by atoms with Crippen LogP contribution < -0.4 is 10.2 Å². The summed E-state index contributed by atoms with van der Waals surface area (Å²) in [6.07, 6.45) is 1.27. The number of carbonyl (C=O) groups excluding carboxylic acids is 1. The number of hydrogen-bond donors (Lipinski definition) is 1. The molecule has 1 saturated heterocycles. The van der Waals surface area contributed by atoms with E-state index < -0.39 is 8.03 Å². The van der Waals surface area contributed by atoms with Gasteiger partial charge in [0.05, 0.1) is 0 Å². The van der Waals surface area contributed by atoms with Crippen molar-refractivity contribution in [2.45, 2.75) is 19.8 Å². The second-order valence-corrected chi connectivity index (χ2v) is 4.73. The highest BCUT2D eigenvalue weighted by Crippen LogP contribution is 2.30. The molecule has 0 bridgehead atoms. The molecule has 84 valence electrons. The molecule has 1 aromatic rings. The van der Waals surface area contributed by atoms with E-state index in [1.165, 1.54) is 0 Å². The average Bonchev–Trinajstić information content (AvgIpc) is 2.27. The number of rotatable bonds is 3. The number of carbonyl (C=O) groups is 1. The molecule has 0 aromatic heterocycles. The Bertz CT molecular complexity index is 459. The molecule has 0 radical (unpaired) electrons. The third kappa shape index (κ3) is 1.75. The van der Waals surface area contributed by atoms with Crippen LogP contribution >= 0.6 is 8.03 Å². The van der Waals surface area contributed by atoms with Gasteiger partial charge in [0.1, 0.15) is 5.69 Å². The first kappa shape index (κ1) is 11.2. The lowest BCUT2D eigenvalue weighted by Gasteiger charge is -2.31. The molecule has 0 spiro atoms. The molecule has 1 fully saturated rings. The largest absolute Gasteiger partial charge is 0.548 e. The smallest absolute Gasteiger partial charge is 0.307 e. The van der Waals surface area contributed by atoms with Gasteiger partial charge in [-0.3, -0.25) is 4.79 Å². The summed E-state index contributed by atoms with van der Waals surface area (Å²) >= 11 is 0. The highest BCUT2D eigenvalue weighted by molar-refractivity contribution is 7.47. The Balaban J connectivity index is 2.53. The van der Waals surface area contributed by atoms with Crippen LogP contribution in [0.1, 0.15) is 18.9 Å². The summed E-state index contributed by atoms with van der Waals surface area (Å²) in [5, 5.41) is 0.363. The van der Waals surface area contributed by atoms with Gasteiger partial charge in [-0.15, -0.1) is 0 Å². The number of hydrogen-bond acceptors (Lipinski definition) is 2. The van der Waals surface area contributed by atoms with E-state index in [9.17, 15) is 14.3 Å². The second-order valence-electron chi connectivity index (χ2n) is 3.71. The van der Waals surface area contributed by atoms with Crippen molar-refractivity contribution < 1.29 is 14.3 Å². The van der Waals surface area contributed by atoms with E-state index in [2.05, 4.69) is 0 Å². The molecule has 1 amide bonds. The van der Waals surface area contributed by atoms with Gasteiger partial charge in [0.2, 0.25) is 11.2 Å². The van der Waals surface area contributed by atoms with Crippen molar-refractivity contribution in [2.75, 3.05) is 11.4 Å². The van der Waals surface area contributed by atoms with Crippen LogP contribution in [0.25, 0.3) is 0 Å². The molecular formula is C11H13NO3P+.